The monoisotopic (exact) mass is 346 g/mol. The van der Waals surface area contributed by atoms with Crippen LogP contribution in [0.15, 0.2) is 30.3 Å². The average molecular weight is 346 g/mol. The number of nitrogens with zero attached hydrogens (tertiary/aromatic N) is 1. The summed E-state index contributed by atoms with van der Waals surface area (Å²) >= 11 is 0. The number of carbonyl (C=O) groups excluding carboxylic acids is 1. The van der Waals surface area contributed by atoms with Crippen LogP contribution >= 0.6 is 0 Å². The van der Waals surface area contributed by atoms with Crippen molar-refractivity contribution in [3.63, 3.8) is 0 Å². The Bertz CT molecular complexity index is 794. The van der Waals surface area contributed by atoms with E-state index in [0.29, 0.717) is 34.1 Å². The molecule has 0 atom stereocenters. The first-order valence-electron chi connectivity index (χ1n) is 7.27. The number of benzene rings is 2. The lowest BCUT2D eigenvalue weighted by Gasteiger charge is -2.14. The molecule has 0 aliphatic carbocycles. The van der Waals surface area contributed by atoms with Crippen molar-refractivity contribution < 1.29 is 23.9 Å². The van der Waals surface area contributed by atoms with E-state index in [1.807, 2.05) is 0 Å². The van der Waals surface area contributed by atoms with Crippen LogP contribution in [0.4, 0.5) is 11.4 Å². The van der Waals surface area contributed by atoms with Gasteiger partial charge in [0.15, 0.2) is 11.5 Å². The molecule has 0 saturated carbocycles. The Kier molecular flexibility index (Phi) is 5.43. The van der Waals surface area contributed by atoms with Gasteiger partial charge in [0.2, 0.25) is 5.75 Å². The summed E-state index contributed by atoms with van der Waals surface area (Å²) in [6, 6.07) is 7.40. The van der Waals surface area contributed by atoms with E-state index in [2.05, 4.69) is 5.32 Å². The third-order valence-electron chi connectivity index (χ3n) is 3.58. The summed E-state index contributed by atoms with van der Waals surface area (Å²) < 4.78 is 15.7. The molecule has 0 unspecified atom stereocenters. The van der Waals surface area contributed by atoms with Gasteiger partial charge in [-0.1, -0.05) is 0 Å². The number of aryl methyl sites for hydroxylation is 1. The number of ether oxygens (including phenoxy) is 3. The number of nitro benzene ring substituents is 1. The zero-order valence-electron chi connectivity index (χ0n) is 14.3. The molecular formula is C17H18N2O6. The second-order valence-corrected chi connectivity index (χ2v) is 5.13. The second-order valence-electron chi connectivity index (χ2n) is 5.13. The van der Waals surface area contributed by atoms with Crippen molar-refractivity contribution in [2.75, 3.05) is 26.6 Å². The minimum absolute atomic E-state index is 0.00853. The van der Waals surface area contributed by atoms with Crippen molar-refractivity contribution in [3.05, 3.63) is 51.6 Å². The summed E-state index contributed by atoms with van der Waals surface area (Å²) in [5.41, 5.74) is 1.19. The molecule has 0 aliphatic heterocycles. The minimum atomic E-state index is -0.472. The van der Waals surface area contributed by atoms with Gasteiger partial charge >= 0.3 is 0 Å². The van der Waals surface area contributed by atoms with Crippen LogP contribution in [-0.4, -0.2) is 32.2 Å². The Morgan fingerprint density at radius 2 is 1.64 bits per heavy atom. The molecule has 0 aliphatic rings. The molecule has 2 aromatic rings. The highest BCUT2D eigenvalue weighted by atomic mass is 16.6. The highest BCUT2D eigenvalue weighted by molar-refractivity contribution is 6.05. The first-order chi connectivity index (χ1) is 11.9. The van der Waals surface area contributed by atoms with Crippen LogP contribution in [0.25, 0.3) is 0 Å². The highest BCUT2D eigenvalue weighted by Gasteiger charge is 2.18. The van der Waals surface area contributed by atoms with Gasteiger partial charge in [0.1, 0.15) is 0 Å². The number of rotatable bonds is 6. The lowest BCUT2D eigenvalue weighted by Crippen LogP contribution is -2.13. The molecular weight excluding hydrogens is 328 g/mol. The van der Waals surface area contributed by atoms with Crippen LogP contribution in [0.3, 0.4) is 0 Å². The van der Waals surface area contributed by atoms with Crippen LogP contribution in [-0.2, 0) is 0 Å². The number of anilines is 1. The van der Waals surface area contributed by atoms with Gasteiger partial charge in [-0.25, -0.2) is 0 Å². The number of hydrogen-bond acceptors (Lipinski definition) is 6. The van der Waals surface area contributed by atoms with Gasteiger partial charge in [0.25, 0.3) is 11.6 Å². The van der Waals surface area contributed by atoms with Gasteiger partial charge in [0.05, 0.1) is 26.3 Å². The third-order valence-corrected chi connectivity index (χ3v) is 3.58. The van der Waals surface area contributed by atoms with Crippen molar-refractivity contribution in [1.82, 2.24) is 0 Å². The van der Waals surface area contributed by atoms with Crippen LogP contribution in [0.1, 0.15) is 15.9 Å². The topological polar surface area (TPSA) is 99.9 Å². The molecule has 2 rings (SSSR count). The molecule has 0 bridgehead atoms. The second kappa shape index (κ2) is 7.52. The molecule has 2 aromatic carbocycles. The van der Waals surface area contributed by atoms with E-state index in [9.17, 15) is 14.9 Å². The molecule has 0 fully saturated rings. The Balaban J connectivity index is 2.32. The van der Waals surface area contributed by atoms with Gasteiger partial charge in [-0.05, 0) is 31.2 Å². The van der Waals surface area contributed by atoms with E-state index < -0.39 is 10.8 Å². The van der Waals surface area contributed by atoms with E-state index in [1.165, 1.54) is 51.7 Å². The molecule has 25 heavy (non-hydrogen) atoms. The predicted octanol–water partition coefficient (Wildman–Crippen LogP) is 3.18. The Morgan fingerprint density at radius 1 is 1.04 bits per heavy atom. The molecule has 8 nitrogen and oxygen atoms in total. The lowest BCUT2D eigenvalue weighted by molar-refractivity contribution is -0.385. The maximum absolute atomic E-state index is 12.5. The van der Waals surface area contributed by atoms with Crippen LogP contribution in [0.2, 0.25) is 0 Å². The third kappa shape index (κ3) is 3.79. The summed E-state index contributed by atoms with van der Waals surface area (Å²) in [7, 11) is 4.39. The van der Waals surface area contributed by atoms with Gasteiger partial charge in [-0.15, -0.1) is 0 Å². The molecule has 132 valence electrons. The Morgan fingerprint density at radius 3 is 2.08 bits per heavy atom. The highest BCUT2D eigenvalue weighted by Crippen LogP contribution is 2.38. The number of amides is 1. The first-order valence-corrected chi connectivity index (χ1v) is 7.27. The molecule has 0 aromatic heterocycles. The first kappa shape index (κ1) is 18.1. The van der Waals surface area contributed by atoms with Crippen LogP contribution in [0, 0.1) is 17.0 Å². The number of carbonyl (C=O) groups is 1. The lowest BCUT2D eigenvalue weighted by atomic mass is 10.1. The maximum Gasteiger partial charge on any atom is 0.272 e. The fraction of sp³-hybridized carbons (Fsp3) is 0.235. The van der Waals surface area contributed by atoms with E-state index >= 15 is 0 Å². The normalized spacial score (nSPS) is 10.1. The molecule has 0 radical (unpaired) electrons. The summed E-state index contributed by atoms with van der Waals surface area (Å²) in [6.07, 6.45) is 0. The number of nitrogens with one attached hydrogen (secondary N) is 1. The van der Waals surface area contributed by atoms with Crippen molar-refractivity contribution in [1.29, 1.82) is 0 Å². The maximum atomic E-state index is 12.5. The van der Waals surface area contributed by atoms with Crippen molar-refractivity contribution in [3.8, 4) is 17.2 Å². The summed E-state index contributed by atoms with van der Waals surface area (Å²) in [4.78, 5) is 22.9. The van der Waals surface area contributed by atoms with Gasteiger partial charge in [-0.3, -0.25) is 14.9 Å². The van der Waals surface area contributed by atoms with Gasteiger partial charge in [0, 0.05) is 22.9 Å². The quantitative estimate of drug-likeness (QED) is 0.637. The van der Waals surface area contributed by atoms with E-state index in [-0.39, 0.29) is 5.69 Å². The zero-order chi connectivity index (χ0) is 18.6. The Labute approximate surface area is 144 Å². The van der Waals surface area contributed by atoms with Gasteiger partial charge < -0.3 is 19.5 Å². The van der Waals surface area contributed by atoms with E-state index in [0.717, 1.165) is 0 Å². The largest absolute Gasteiger partial charge is 0.493 e. The van der Waals surface area contributed by atoms with E-state index in [1.54, 1.807) is 6.92 Å². The molecule has 0 spiro atoms. The molecule has 8 heteroatoms. The summed E-state index contributed by atoms with van der Waals surface area (Å²) in [6.45, 7) is 1.60. The fourth-order valence-corrected chi connectivity index (χ4v) is 2.35. The van der Waals surface area contributed by atoms with Gasteiger partial charge in [-0.2, -0.15) is 0 Å². The summed E-state index contributed by atoms with van der Waals surface area (Å²) in [5.74, 6) is 0.680. The molecule has 1 amide bonds. The smallest absolute Gasteiger partial charge is 0.272 e. The predicted molar refractivity (Wildman–Crippen MR) is 91.9 cm³/mol. The number of hydrogen-bond donors (Lipinski definition) is 1. The average Bonchev–Trinajstić information content (AvgIpc) is 2.59. The molecule has 0 heterocycles. The minimum Gasteiger partial charge on any atom is -0.493 e. The van der Waals surface area contributed by atoms with Crippen molar-refractivity contribution >= 4 is 17.3 Å². The molecule has 1 N–H and O–H groups in total. The standard InChI is InChI=1S/C17H18N2O6/c1-10-7-12(5-6-13(10)19(21)22)18-17(20)11-8-14(23-2)16(25-4)15(9-11)24-3/h5-9H,1-4H3,(H,18,20). The SMILES string of the molecule is COc1cc(C(=O)Nc2ccc([N+](=O)[O-])c(C)c2)cc(OC)c1OC. The van der Waals surface area contributed by atoms with Crippen molar-refractivity contribution in [2.45, 2.75) is 6.92 Å². The van der Waals surface area contributed by atoms with Crippen molar-refractivity contribution in [2.24, 2.45) is 0 Å². The number of methoxy groups -OCH3 is 3. The summed E-state index contributed by atoms with van der Waals surface area (Å²) in [5, 5.41) is 13.5. The zero-order valence-corrected chi connectivity index (χ0v) is 14.3. The number of nitro groups is 1. The molecule has 0 saturated heterocycles. The fourth-order valence-electron chi connectivity index (χ4n) is 2.35. The Hall–Kier alpha value is -3.29. The van der Waals surface area contributed by atoms with Crippen LogP contribution in [0.5, 0.6) is 17.2 Å². The van der Waals surface area contributed by atoms with Crippen LogP contribution < -0.4 is 19.5 Å². The van der Waals surface area contributed by atoms with E-state index in [4.69, 9.17) is 14.2 Å².